The van der Waals surface area contributed by atoms with E-state index in [-0.39, 0.29) is 36.5 Å². The molecule has 1 aromatic rings. The fraction of sp³-hybridized carbons (Fsp3) is 0.500. The third-order valence-electron chi connectivity index (χ3n) is 2.97. The SMILES string of the molecule is CCO/C=C(\C(=O)CC)C(=O)C(OCC)OC(=O)c1cnoc1C. The minimum atomic E-state index is -1.56. The zero-order valence-corrected chi connectivity index (χ0v) is 14.2. The molecule has 0 amide bonds. The van der Waals surface area contributed by atoms with E-state index in [1.165, 1.54) is 13.1 Å². The van der Waals surface area contributed by atoms with Gasteiger partial charge in [0, 0.05) is 13.0 Å². The Balaban J connectivity index is 3.00. The van der Waals surface area contributed by atoms with E-state index in [0.29, 0.717) is 0 Å². The second kappa shape index (κ2) is 9.61. The summed E-state index contributed by atoms with van der Waals surface area (Å²) >= 11 is 0. The second-order valence-electron chi connectivity index (χ2n) is 4.62. The minimum absolute atomic E-state index is 0.0738. The predicted octanol–water partition coefficient (Wildman–Crippen LogP) is 1.97. The number of carbonyl (C=O) groups is 3. The van der Waals surface area contributed by atoms with Gasteiger partial charge in [-0.05, 0) is 20.8 Å². The normalized spacial score (nSPS) is 12.6. The lowest BCUT2D eigenvalue weighted by molar-refractivity contribution is -0.153. The molecule has 0 aliphatic heterocycles. The maximum atomic E-state index is 12.5. The number of rotatable bonds is 10. The molecular formula is C16H21NO7. The van der Waals surface area contributed by atoms with Gasteiger partial charge < -0.3 is 18.7 Å². The summed E-state index contributed by atoms with van der Waals surface area (Å²) in [5, 5.41) is 3.47. The molecule has 1 atom stereocenters. The van der Waals surface area contributed by atoms with Crippen LogP contribution in [-0.2, 0) is 23.8 Å². The van der Waals surface area contributed by atoms with Crippen molar-refractivity contribution in [3.63, 3.8) is 0 Å². The zero-order chi connectivity index (χ0) is 18.1. The van der Waals surface area contributed by atoms with Crippen molar-refractivity contribution in [1.29, 1.82) is 0 Å². The van der Waals surface area contributed by atoms with Crippen molar-refractivity contribution in [2.75, 3.05) is 13.2 Å². The number of ketones is 2. The molecule has 8 nitrogen and oxygen atoms in total. The molecule has 0 fully saturated rings. The van der Waals surface area contributed by atoms with Gasteiger partial charge in [0.25, 0.3) is 6.29 Å². The summed E-state index contributed by atoms with van der Waals surface area (Å²) in [6, 6.07) is 0. The van der Waals surface area contributed by atoms with Crippen molar-refractivity contribution in [1.82, 2.24) is 5.16 Å². The van der Waals surface area contributed by atoms with Gasteiger partial charge in [0.05, 0.1) is 19.1 Å². The van der Waals surface area contributed by atoms with Crippen molar-refractivity contribution in [2.24, 2.45) is 0 Å². The first-order chi connectivity index (χ1) is 11.5. The predicted molar refractivity (Wildman–Crippen MR) is 82.1 cm³/mol. The average molecular weight is 339 g/mol. The molecule has 0 aromatic carbocycles. The summed E-state index contributed by atoms with van der Waals surface area (Å²) < 4.78 is 20.1. The van der Waals surface area contributed by atoms with E-state index in [2.05, 4.69) is 5.16 Å². The number of hydrogen-bond donors (Lipinski definition) is 0. The van der Waals surface area contributed by atoms with Crippen LogP contribution in [0.3, 0.4) is 0 Å². The molecule has 0 saturated carbocycles. The van der Waals surface area contributed by atoms with Gasteiger partial charge in [0.2, 0.25) is 5.78 Å². The molecule has 1 unspecified atom stereocenters. The van der Waals surface area contributed by atoms with Gasteiger partial charge in [-0.25, -0.2) is 4.79 Å². The molecule has 1 heterocycles. The molecule has 0 aliphatic carbocycles. The molecule has 0 aliphatic rings. The van der Waals surface area contributed by atoms with Gasteiger partial charge in [0.15, 0.2) is 5.78 Å². The molecule has 0 saturated heterocycles. The van der Waals surface area contributed by atoms with Gasteiger partial charge in [0.1, 0.15) is 16.9 Å². The summed E-state index contributed by atoms with van der Waals surface area (Å²) in [6.07, 6.45) is 0.791. The van der Waals surface area contributed by atoms with Gasteiger partial charge >= 0.3 is 5.97 Å². The van der Waals surface area contributed by atoms with Crippen LogP contribution in [-0.4, -0.2) is 42.2 Å². The van der Waals surface area contributed by atoms with Crippen molar-refractivity contribution in [3.8, 4) is 0 Å². The van der Waals surface area contributed by atoms with Crippen molar-refractivity contribution in [3.05, 3.63) is 29.4 Å². The topological polar surface area (TPSA) is 105 Å². The van der Waals surface area contributed by atoms with E-state index < -0.39 is 23.8 Å². The number of ether oxygens (including phenoxy) is 3. The van der Waals surface area contributed by atoms with E-state index in [9.17, 15) is 14.4 Å². The molecule has 1 aromatic heterocycles. The van der Waals surface area contributed by atoms with Crippen molar-refractivity contribution in [2.45, 2.75) is 40.4 Å². The summed E-state index contributed by atoms with van der Waals surface area (Å²) in [5.74, 6) is -1.80. The maximum absolute atomic E-state index is 12.5. The lowest BCUT2D eigenvalue weighted by atomic mass is 10.1. The molecule has 132 valence electrons. The third-order valence-corrected chi connectivity index (χ3v) is 2.97. The number of esters is 1. The average Bonchev–Trinajstić information content (AvgIpc) is 3.00. The van der Waals surface area contributed by atoms with E-state index in [0.717, 1.165) is 6.26 Å². The highest BCUT2D eigenvalue weighted by Gasteiger charge is 2.31. The molecule has 0 spiro atoms. The summed E-state index contributed by atoms with van der Waals surface area (Å²) in [4.78, 5) is 36.6. The second-order valence-corrected chi connectivity index (χ2v) is 4.62. The van der Waals surface area contributed by atoms with Crippen LogP contribution in [0.15, 0.2) is 22.6 Å². The van der Waals surface area contributed by atoms with Crippen LogP contribution in [0.4, 0.5) is 0 Å². The van der Waals surface area contributed by atoms with Crippen LogP contribution >= 0.6 is 0 Å². The number of aryl methyl sites for hydroxylation is 1. The fourth-order valence-corrected chi connectivity index (χ4v) is 1.72. The molecule has 0 radical (unpaired) electrons. The molecule has 0 N–H and O–H groups in total. The number of Topliss-reactive ketones (excluding diaryl/α,β-unsaturated/α-hetero) is 2. The Morgan fingerprint density at radius 1 is 1.25 bits per heavy atom. The molecule has 8 heteroatoms. The van der Waals surface area contributed by atoms with Crippen molar-refractivity contribution < 1.29 is 33.1 Å². The van der Waals surface area contributed by atoms with Crippen LogP contribution in [0.1, 0.15) is 43.3 Å². The van der Waals surface area contributed by atoms with Gasteiger partial charge in [-0.15, -0.1) is 0 Å². The molecule has 0 bridgehead atoms. The first-order valence-electron chi connectivity index (χ1n) is 7.59. The Kier molecular flexibility index (Phi) is 7.84. The van der Waals surface area contributed by atoms with Crippen LogP contribution in [0.5, 0.6) is 0 Å². The highest BCUT2D eigenvalue weighted by atomic mass is 16.7. The quantitative estimate of drug-likeness (QED) is 0.159. The molecule has 24 heavy (non-hydrogen) atoms. The van der Waals surface area contributed by atoms with E-state index in [4.69, 9.17) is 18.7 Å². The Bertz CT molecular complexity index is 618. The Labute approximate surface area is 139 Å². The zero-order valence-electron chi connectivity index (χ0n) is 14.2. The first kappa shape index (κ1) is 19.6. The van der Waals surface area contributed by atoms with Crippen molar-refractivity contribution >= 4 is 17.5 Å². The van der Waals surface area contributed by atoms with Crippen LogP contribution < -0.4 is 0 Å². The Hall–Kier alpha value is -2.48. The monoisotopic (exact) mass is 339 g/mol. The van der Waals surface area contributed by atoms with Crippen LogP contribution in [0, 0.1) is 6.92 Å². The summed E-state index contributed by atoms with van der Waals surface area (Å²) in [6.45, 7) is 6.87. The standard InChI is InChI=1S/C16H21NO7/c1-5-13(18)12(9-21-6-2)14(19)16(22-7-3)23-15(20)11-8-17-24-10(11)4/h8-9,16H,5-7H2,1-4H3/b12-9+. The Morgan fingerprint density at radius 3 is 2.46 bits per heavy atom. The lowest BCUT2D eigenvalue weighted by Gasteiger charge is -2.17. The van der Waals surface area contributed by atoms with E-state index in [1.54, 1.807) is 20.8 Å². The van der Waals surface area contributed by atoms with E-state index in [1.807, 2.05) is 0 Å². The molecule has 1 rings (SSSR count). The van der Waals surface area contributed by atoms with Crippen LogP contribution in [0.2, 0.25) is 0 Å². The maximum Gasteiger partial charge on any atom is 0.346 e. The third kappa shape index (κ3) is 5.02. The number of nitrogens with zero attached hydrogens (tertiary/aromatic N) is 1. The molecular weight excluding hydrogens is 318 g/mol. The fourth-order valence-electron chi connectivity index (χ4n) is 1.72. The lowest BCUT2D eigenvalue weighted by Crippen LogP contribution is -2.33. The Morgan fingerprint density at radius 2 is 1.96 bits per heavy atom. The smallest absolute Gasteiger partial charge is 0.346 e. The van der Waals surface area contributed by atoms with Gasteiger partial charge in [-0.2, -0.15) is 0 Å². The largest absolute Gasteiger partial charge is 0.501 e. The van der Waals surface area contributed by atoms with Gasteiger partial charge in [-0.3, -0.25) is 9.59 Å². The highest BCUT2D eigenvalue weighted by molar-refractivity contribution is 6.21. The minimum Gasteiger partial charge on any atom is -0.501 e. The first-order valence-corrected chi connectivity index (χ1v) is 7.59. The number of hydrogen-bond acceptors (Lipinski definition) is 8. The highest BCUT2D eigenvalue weighted by Crippen LogP contribution is 2.14. The van der Waals surface area contributed by atoms with Gasteiger partial charge in [-0.1, -0.05) is 12.1 Å². The van der Waals surface area contributed by atoms with E-state index >= 15 is 0 Å². The van der Waals surface area contributed by atoms with Crippen LogP contribution in [0.25, 0.3) is 0 Å². The number of carbonyl (C=O) groups excluding carboxylic acids is 3. The number of aromatic nitrogens is 1. The summed E-state index contributed by atoms with van der Waals surface area (Å²) in [5.41, 5.74) is -0.141. The summed E-state index contributed by atoms with van der Waals surface area (Å²) in [7, 11) is 0.